The van der Waals surface area contributed by atoms with Crippen molar-refractivity contribution in [1.82, 2.24) is 0 Å². The van der Waals surface area contributed by atoms with Crippen molar-refractivity contribution in [3.63, 3.8) is 0 Å². The number of halogens is 1. The van der Waals surface area contributed by atoms with Crippen LogP contribution in [0.4, 0.5) is 0 Å². The van der Waals surface area contributed by atoms with Gasteiger partial charge in [-0.3, -0.25) is 0 Å². The van der Waals surface area contributed by atoms with Crippen LogP contribution in [0.2, 0.25) is 0 Å². The van der Waals surface area contributed by atoms with Crippen molar-refractivity contribution >= 4 is 15.9 Å². The predicted octanol–water partition coefficient (Wildman–Crippen LogP) is 4.30. The largest absolute Gasteiger partial charge is 0.496 e. The third-order valence-corrected chi connectivity index (χ3v) is 4.20. The quantitative estimate of drug-likeness (QED) is 0.843. The first-order chi connectivity index (χ1) is 10.1. The summed E-state index contributed by atoms with van der Waals surface area (Å²) in [7, 11) is 1.66. The first kappa shape index (κ1) is 16.1. The minimum absolute atomic E-state index is 0.368. The molecule has 0 heterocycles. The fourth-order valence-corrected chi connectivity index (χ4v) is 2.88. The van der Waals surface area contributed by atoms with E-state index in [4.69, 9.17) is 4.74 Å². The molecule has 2 aromatic carbocycles. The molecule has 0 saturated carbocycles. The first-order valence-corrected chi connectivity index (χ1v) is 7.94. The number of aliphatic hydroxyl groups excluding tert-OH is 1. The fourth-order valence-electron chi connectivity index (χ4n) is 2.48. The van der Waals surface area contributed by atoms with E-state index < -0.39 is 0 Å². The van der Waals surface area contributed by atoms with Crippen LogP contribution in [0.15, 0.2) is 46.9 Å². The summed E-state index contributed by atoms with van der Waals surface area (Å²) in [6.07, 6.45) is 1.88. The average Bonchev–Trinajstić information content (AvgIpc) is 2.47. The van der Waals surface area contributed by atoms with E-state index in [1.54, 1.807) is 7.11 Å². The molecular formula is C18H21BrO2. The van der Waals surface area contributed by atoms with Crippen molar-refractivity contribution < 1.29 is 9.84 Å². The molecule has 0 bridgehead atoms. The molecule has 0 radical (unpaired) electrons. The fraction of sp³-hybridized carbons (Fsp3) is 0.333. The van der Waals surface area contributed by atoms with Crippen LogP contribution in [0.25, 0.3) is 0 Å². The van der Waals surface area contributed by atoms with Crippen molar-refractivity contribution in [3.8, 4) is 5.75 Å². The highest BCUT2D eigenvalue weighted by Crippen LogP contribution is 2.25. The number of hydrogen-bond acceptors (Lipinski definition) is 2. The molecule has 0 aliphatic rings. The summed E-state index contributed by atoms with van der Waals surface area (Å²) in [6, 6.07) is 14.2. The Morgan fingerprint density at radius 1 is 1.14 bits per heavy atom. The molecule has 112 valence electrons. The molecule has 1 N–H and O–H groups in total. The lowest BCUT2D eigenvalue weighted by Crippen LogP contribution is -2.12. The van der Waals surface area contributed by atoms with E-state index >= 15 is 0 Å². The monoisotopic (exact) mass is 348 g/mol. The number of aliphatic hydroxyl groups is 1. The smallest absolute Gasteiger partial charge is 0.122 e. The van der Waals surface area contributed by atoms with Gasteiger partial charge in [-0.25, -0.2) is 0 Å². The second kappa shape index (κ2) is 7.62. The molecule has 0 aliphatic carbocycles. The Kier molecular flexibility index (Phi) is 5.83. The second-order valence-electron chi connectivity index (χ2n) is 5.28. The van der Waals surface area contributed by atoms with Gasteiger partial charge in [0.25, 0.3) is 0 Å². The molecule has 21 heavy (non-hydrogen) atoms. The van der Waals surface area contributed by atoms with Crippen LogP contribution in [0.1, 0.15) is 23.1 Å². The van der Waals surface area contributed by atoms with Gasteiger partial charge in [0.2, 0.25) is 0 Å². The van der Waals surface area contributed by atoms with Gasteiger partial charge >= 0.3 is 0 Å². The lowest BCUT2D eigenvalue weighted by Gasteiger charge is -2.14. The second-order valence-corrected chi connectivity index (χ2v) is 6.19. The van der Waals surface area contributed by atoms with E-state index in [0.717, 1.165) is 28.6 Å². The number of rotatable bonds is 6. The van der Waals surface area contributed by atoms with E-state index in [1.807, 2.05) is 30.3 Å². The van der Waals surface area contributed by atoms with Crippen LogP contribution >= 0.6 is 15.9 Å². The normalized spacial score (nSPS) is 12.2. The Balaban J connectivity index is 1.97. The number of benzene rings is 2. The lowest BCUT2D eigenvalue weighted by atomic mass is 9.98. The molecule has 3 heteroatoms. The molecule has 1 atom stereocenters. The summed E-state index contributed by atoms with van der Waals surface area (Å²) < 4.78 is 6.36. The molecule has 2 aromatic rings. The van der Waals surface area contributed by atoms with E-state index in [9.17, 15) is 5.11 Å². The Morgan fingerprint density at radius 2 is 1.90 bits per heavy atom. The number of methoxy groups -OCH3 is 1. The van der Waals surface area contributed by atoms with E-state index in [0.29, 0.717) is 6.42 Å². The van der Waals surface area contributed by atoms with Gasteiger partial charge in [0, 0.05) is 10.9 Å². The molecule has 0 spiro atoms. The van der Waals surface area contributed by atoms with Crippen LogP contribution in [-0.2, 0) is 12.8 Å². The van der Waals surface area contributed by atoms with Gasteiger partial charge in [0.1, 0.15) is 5.75 Å². The van der Waals surface area contributed by atoms with Gasteiger partial charge in [-0.2, -0.15) is 0 Å². The zero-order chi connectivity index (χ0) is 15.2. The highest BCUT2D eigenvalue weighted by molar-refractivity contribution is 9.10. The lowest BCUT2D eigenvalue weighted by molar-refractivity contribution is 0.164. The van der Waals surface area contributed by atoms with Crippen LogP contribution in [-0.4, -0.2) is 18.3 Å². The maximum atomic E-state index is 10.3. The Morgan fingerprint density at radius 3 is 2.62 bits per heavy atom. The first-order valence-electron chi connectivity index (χ1n) is 7.15. The molecular weight excluding hydrogens is 328 g/mol. The summed E-state index contributed by atoms with van der Waals surface area (Å²) >= 11 is 3.46. The Hall–Kier alpha value is -1.32. The predicted molar refractivity (Wildman–Crippen MR) is 89.9 cm³/mol. The number of aryl methyl sites for hydroxylation is 2. The molecule has 0 fully saturated rings. The van der Waals surface area contributed by atoms with E-state index in [2.05, 4.69) is 35.0 Å². The summed E-state index contributed by atoms with van der Waals surface area (Å²) in [6.45, 7) is 2.11. The molecule has 0 aromatic heterocycles. The standard InChI is InChI=1S/C18H21BrO2/c1-13-5-3-4-6-14(13)7-9-17(20)12-15-11-16(19)8-10-18(15)21-2/h3-6,8,10-11,17,20H,7,9,12H2,1-2H3. The minimum atomic E-state index is -0.368. The highest BCUT2D eigenvalue weighted by Gasteiger charge is 2.11. The van der Waals surface area contributed by atoms with Gasteiger partial charge in [-0.05, 0) is 54.7 Å². The maximum Gasteiger partial charge on any atom is 0.122 e. The number of hydrogen-bond donors (Lipinski definition) is 1. The molecule has 0 aliphatic heterocycles. The molecule has 1 unspecified atom stereocenters. The van der Waals surface area contributed by atoms with Crippen molar-refractivity contribution in [2.45, 2.75) is 32.3 Å². The van der Waals surface area contributed by atoms with Gasteiger partial charge in [0.05, 0.1) is 13.2 Å². The van der Waals surface area contributed by atoms with Crippen molar-refractivity contribution in [1.29, 1.82) is 0 Å². The zero-order valence-electron chi connectivity index (χ0n) is 12.5. The van der Waals surface area contributed by atoms with Crippen LogP contribution in [0.3, 0.4) is 0 Å². The zero-order valence-corrected chi connectivity index (χ0v) is 14.1. The minimum Gasteiger partial charge on any atom is -0.496 e. The van der Waals surface area contributed by atoms with Gasteiger partial charge in [-0.15, -0.1) is 0 Å². The maximum absolute atomic E-state index is 10.3. The average molecular weight is 349 g/mol. The van der Waals surface area contributed by atoms with E-state index in [1.165, 1.54) is 11.1 Å². The molecule has 2 nitrogen and oxygen atoms in total. The SMILES string of the molecule is COc1ccc(Br)cc1CC(O)CCc1ccccc1C. The Labute approximate surface area is 134 Å². The topological polar surface area (TPSA) is 29.5 Å². The van der Waals surface area contributed by atoms with Crippen molar-refractivity contribution in [3.05, 3.63) is 63.6 Å². The molecule has 2 rings (SSSR count). The van der Waals surface area contributed by atoms with Crippen LogP contribution < -0.4 is 4.74 Å². The van der Waals surface area contributed by atoms with Crippen LogP contribution in [0.5, 0.6) is 5.75 Å². The van der Waals surface area contributed by atoms with Crippen molar-refractivity contribution in [2.75, 3.05) is 7.11 Å². The van der Waals surface area contributed by atoms with Gasteiger partial charge in [-0.1, -0.05) is 40.2 Å². The van der Waals surface area contributed by atoms with Gasteiger partial charge < -0.3 is 9.84 Å². The summed E-state index contributed by atoms with van der Waals surface area (Å²) in [5.74, 6) is 0.827. The third-order valence-electron chi connectivity index (χ3n) is 3.71. The van der Waals surface area contributed by atoms with E-state index in [-0.39, 0.29) is 6.10 Å². The molecule has 0 saturated heterocycles. The summed E-state index contributed by atoms with van der Waals surface area (Å²) in [4.78, 5) is 0. The van der Waals surface area contributed by atoms with Crippen LogP contribution in [0, 0.1) is 6.92 Å². The molecule has 0 amide bonds. The van der Waals surface area contributed by atoms with Gasteiger partial charge in [0.15, 0.2) is 0 Å². The third kappa shape index (κ3) is 4.58. The number of ether oxygens (including phenoxy) is 1. The summed E-state index contributed by atoms with van der Waals surface area (Å²) in [5.41, 5.74) is 3.62. The Bertz CT molecular complexity index is 596. The van der Waals surface area contributed by atoms with Crippen molar-refractivity contribution in [2.24, 2.45) is 0 Å². The summed E-state index contributed by atoms with van der Waals surface area (Å²) in [5, 5.41) is 10.3. The highest BCUT2D eigenvalue weighted by atomic mass is 79.9.